The van der Waals surface area contributed by atoms with Crippen LogP contribution in [0.4, 0.5) is 0 Å². The fourth-order valence-corrected chi connectivity index (χ4v) is 2.69. The summed E-state index contributed by atoms with van der Waals surface area (Å²) >= 11 is 0. The fraction of sp³-hybridized carbons (Fsp3) is 0.667. The van der Waals surface area contributed by atoms with Gasteiger partial charge in [-0.3, -0.25) is 9.80 Å². The number of benzene rings is 1. The number of ether oxygens (including phenoxy) is 1. The number of nitrogens with zero attached hydrogens (tertiary/aromatic N) is 2. The zero-order valence-electron chi connectivity index (χ0n) is 14.8. The van der Waals surface area contributed by atoms with Crippen molar-refractivity contribution in [3.05, 3.63) is 29.8 Å². The predicted molar refractivity (Wildman–Crippen MR) is 91.0 cm³/mol. The number of methoxy groups -OCH3 is 1. The van der Waals surface area contributed by atoms with E-state index in [0.717, 1.165) is 25.4 Å². The van der Waals surface area contributed by atoms with Gasteiger partial charge in [0.1, 0.15) is 5.75 Å². The average molecular weight is 292 g/mol. The van der Waals surface area contributed by atoms with Gasteiger partial charge in [0.15, 0.2) is 0 Å². The first-order valence-corrected chi connectivity index (χ1v) is 7.89. The predicted octanol–water partition coefficient (Wildman–Crippen LogP) is 3.81. The standard InChI is InChI=1S/C18H32N2O/c1-8-20(18(3,4)5)14-13-19(6)15(2)16-11-9-10-12-17(16)21-7/h9-12,15H,8,13-14H2,1-7H3/t15-/m0/s1. The van der Waals surface area contributed by atoms with Crippen LogP contribution in [0.5, 0.6) is 5.75 Å². The highest BCUT2D eigenvalue weighted by molar-refractivity contribution is 5.35. The van der Waals surface area contributed by atoms with Gasteiger partial charge in [0.05, 0.1) is 7.11 Å². The number of para-hydroxylation sites is 1. The van der Waals surface area contributed by atoms with Crippen molar-refractivity contribution in [3.8, 4) is 5.75 Å². The number of hydrogen-bond acceptors (Lipinski definition) is 3. The third-order valence-electron chi connectivity index (χ3n) is 4.30. The maximum atomic E-state index is 5.48. The Hall–Kier alpha value is -1.06. The van der Waals surface area contributed by atoms with E-state index < -0.39 is 0 Å². The second-order valence-corrected chi connectivity index (χ2v) is 6.65. The monoisotopic (exact) mass is 292 g/mol. The summed E-state index contributed by atoms with van der Waals surface area (Å²) in [6.07, 6.45) is 0. The first-order valence-electron chi connectivity index (χ1n) is 7.89. The van der Waals surface area contributed by atoms with Crippen molar-refractivity contribution < 1.29 is 4.74 Å². The third kappa shape index (κ3) is 5.01. The van der Waals surface area contributed by atoms with Crippen LogP contribution in [0.3, 0.4) is 0 Å². The molecule has 0 fully saturated rings. The van der Waals surface area contributed by atoms with Gasteiger partial charge < -0.3 is 4.74 Å². The molecule has 0 heterocycles. The van der Waals surface area contributed by atoms with Crippen LogP contribution in [0.25, 0.3) is 0 Å². The van der Waals surface area contributed by atoms with Crippen LogP contribution in [-0.2, 0) is 0 Å². The van der Waals surface area contributed by atoms with Crippen molar-refractivity contribution in [1.29, 1.82) is 0 Å². The normalized spacial score (nSPS) is 13.8. The van der Waals surface area contributed by atoms with Gasteiger partial charge in [0.2, 0.25) is 0 Å². The van der Waals surface area contributed by atoms with Crippen molar-refractivity contribution >= 4 is 0 Å². The van der Waals surface area contributed by atoms with E-state index >= 15 is 0 Å². The van der Waals surface area contributed by atoms with Crippen LogP contribution in [0.2, 0.25) is 0 Å². The van der Waals surface area contributed by atoms with E-state index in [4.69, 9.17) is 4.74 Å². The Morgan fingerprint density at radius 2 is 1.76 bits per heavy atom. The second-order valence-electron chi connectivity index (χ2n) is 6.65. The van der Waals surface area contributed by atoms with Crippen molar-refractivity contribution in [2.24, 2.45) is 0 Å². The van der Waals surface area contributed by atoms with Gasteiger partial charge in [-0.2, -0.15) is 0 Å². The van der Waals surface area contributed by atoms with E-state index in [1.165, 1.54) is 5.56 Å². The molecule has 0 radical (unpaired) electrons. The molecule has 1 atom stereocenters. The molecule has 0 amide bonds. The van der Waals surface area contributed by atoms with Crippen molar-refractivity contribution in [2.45, 2.75) is 46.2 Å². The number of hydrogen-bond donors (Lipinski definition) is 0. The molecule has 3 heteroatoms. The van der Waals surface area contributed by atoms with Gasteiger partial charge in [-0.15, -0.1) is 0 Å². The third-order valence-corrected chi connectivity index (χ3v) is 4.30. The fourth-order valence-electron chi connectivity index (χ4n) is 2.69. The Balaban J connectivity index is 2.68. The van der Waals surface area contributed by atoms with Gasteiger partial charge in [-0.25, -0.2) is 0 Å². The summed E-state index contributed by atoms with van der Waals surface area (Å²) in [5, 5.41) is 0. The first kappa shape index (κ1) is 18.0. The van der Waals surface area contributed by atoms with Crippen LogP contribution in [0.1, 0.15) is 46.2 Å². The van der Waals surface area contributed by atoms with Crippen molar-refractivity contribution in [3.63, 3.8) is 0 Å². The lowest BCUT2D eigenvalue weighted by atomic mass is 10.0. The molecule has 0 aliphatic heterocycles. The molecule has 0 N–H and O–H groups in total. The molecule has 0 aliphatic carbocycles. The van der Waals surface area contributed by atoms with Crippen LogP contribution >= 0.6 is 0 Å². The summed E-state index contributed by atoms with van der Waals surface area (Å²) in [6.45, 7) is 14.5. The SMILES string of the molecule is CCN(CCN(C)[C@@H](C)c1ccccc1OC)C(C)(C)C. The Morgan fingerprint density at radius 3 is 2.29 bits per heavy atom. The number of rotatable bonds is 7. The molecule has 0 aromatic heterocycles. The summed E-state index contributed by atoms with van der Waals surface area (Å²) in [5.41, 5.74) is 1.48. The molecule has 1 aromatic carbocycles. The topological polar surface area (TPSA) is 15.7 Å². The minimum absolute atomic E-state index is 0.225. The quantitative estimate of drug-likeness (QED) is 0.760. The van der Waals surface area contributed by atoms with Crippen LogP contribution in [-0.4, -0.2) is 49.1 Å². The molecule has 0 saturated heterocycles. The molecule has 0 saturated carbocycles. The minimum atomic E-state index is 0.225. The smallest absolute Gasteiger partial charge is 0.123 e. The summed E-state index contributed by atoms with van der Waals surface area (Å²) in [6, 6.07) is 8.64. The molecule has 1 rings (SSSR count). The molecule has 0 bridgehead atoms. The molecule has 0 spiro atoms. The lowest BCUT2D eigenvalue weighted by Crippen LogP contribution is -2.45. The van der Waals surface area contributed by atoms with E-state index in [9.17, 15) is 0 Å². The first-order chi connectivity index (χ1) is 9.81. The van der Waals surface area contributed by atoms with Gasteiger partial charge in [0, 0.05) is 30.2 Å². The lowest BCUT2D eigenvalue weighted by molar-refractivity contribution is 0.118. The van der Waals surface area contributed by atoms with Crippen molar-refractivity contribution in [1.82, 2.24) is 9.80 Å². The number of likely N-dealkylation sites (N-methyl/N-ethyl adjacent to an activating group) is 2. The Labute approximate surface area is 130 Å². The molecule has 120 valence electrons. The van der Waals surface area contributed by atoms with E-state index in [0.29, 0.717) is 6.04 Å². The summed E-state index contributed by atoms with van der Waals surface area (Å²) < 4.78 is 5.48. The molecule has 21 heavy (non-hydrogen) atoms. The van der Waals surface area contributed by atoms with Gasteiger partial charge in [-0.05, 0) is 47.4 Å². The van der Waals surface area contributed by atoms with E-state index in [2.05, 4.69) is 63.6 Å². The average Bonchev–Trinajstić information content (AvgIpc) is 2.45. The second kappa shape index (κ2) is 7.81. The van der Waals surface area contributed by atoms with E-state index in [1.807, 2.05) is 12.1 Å². The van der Waals surface area contributed by atoms with Crippen LogP contribution in [0.15, 0.2) is 24.3 Å². The largest absolute Gasteiger partial charge is 0.496 e. The molecule has 3 nitrogen and oxygen atoms in total. The van der Waals surface area contributed by atoms with Crippen LogP contribution in [0, 0.1) is 0 Å². The lowest BCUT2D eigenvalue weighted by Gasteiger charge is -2.37. The molecule has 0 unspecified atom stereocenters. The highest BCUT2D eigenvalue weighted by Crippen LogP contribution is 2.28. The van der Waals surface area contributed by atoms with E-state index in [1.54, 1.807) is 7.11 Å². The van der Waals surface area contributed by atoms with E-state index in [-0.39, 0.29) is 5.54 Å². The molecular weight excluding hydrogens is 260 g/mol. The van der Waals surface area contributed by atoms with Crippen molar-refractivity contribution in [2.75, 3.05) is 33.8 Å². The summed E-state index contributed by atoms with van der Waals surface area (Å²) in [7, 11) is 3.93. The Morgan fingerprint density at radius 1 is 1.14 bits per heavy atom. The van der Waals surface area contributed by atoms with Gasteiger partial charge in [-0.1, -0.05) is 25.1 Å². The summed E-state index contributed by atoms with van der Waals surface area (Å²) in [5.74, 6) is 0.972. The zero-order valence-corrected chi connectivity index (χ0v) is 14.8. The highest BCUT2D eigenvalue weighted by atomic mass is 16.5. The Kier molecular flexibility index (Phi) is 6.69. The zero-order chi connectivity index (χ0) is 16.0. The maximum Gasteiger partial charge on any atom is 0.123 e. The Bertz CT molecular complexity index is 425. The molecule has 1 aromatic rings. The maximum absolute atomic E-state index is 5.48. The van der Waals surface area contributed by atoms with Crippen LogP contribution < -0.4 is 4.74 Å². The molecular formula is C18H32N2O. The minimum Gasteiger partial charge on any atom is -0.496 e. The summed E-state index contributed by atoms with van der Waals surface area (Å²) in [4.78, 5) is 4.91. The molecule has 0 aliphatic rings. The highest BCUT2D eigenvalue weighted by Gasteiger charge is 2.21. The van der Waals surface area contributed by atoms with Gasteiger partial charge in [0.25, 0.3) is 0 Å². The van der Waals surface area contributed by atoms with Gasteiger partial charge >= 0.3 is 0 Å².